The number of nitrogens with two attached hydrogens (primary N) is 1. The van der Waals surface area contributed by atoms with Crippen LogP contribution in [0.1, 0.15) is 25.7 Å². The molecule has 1 saturated heterocycles. The van der Waals surface area contributed by atoms with E-state index in [1.807, 2.05) is 7.05 Å². The first kappa shape index (κ1) is 10.5. The van der Waals surface area contributed by atoms with Gasteiger partial charge in [0.2, 0.25) is 5.91 Å². The maximum Gasteiger partial charge on any atom is 0.219 e. The van der Waals surface area contributed by atoms with Crippen molar-refractivity contribution in [3.8, 4) is 0 Å². The number of primary amides is 1. The Labute approximate surface area is 78.8 Å². The van der Waals surface area contributed by atoms with Gasteiger partial charge in [0.15, 0.2) is 0 Å². The van der Waals surface area contributed by atoms with E-state index in [-0.39, 0.29) is 11.4 Å². The first-order valence-corrected chi connectivity index (χ1v) is 4.73. The summed E-state index contributed by atoms with van der Waals surface area (Å²) in [5.74, 6) is -0.240. The molecule has 0 aromatic heterocycles. The smallest absolute Gasteiger partial charge is 0.219 e. The lowest BCUT2D eigenvalue weighted by Crippen LogP contribution is -2.46. The highest BCUT2D eigenvalue weighted by Gasteiger charge is 2.30. The van der Waals surface area contributed by atoms with Crippen molar-refractivity contribution < 1.29 is 9.53 Å². The SMILES string of the molecule is CNC1(CC(N)=O)CCCOCC1. The summed E-state index contributed by atoms with van der Waals surface area (Å²) in [5.41, 5.74) is 5.09. The molecule has 4 heteroatoms. The largest absolute Gasteiger partial charge is 0.381 e. The predicted octanol–water partition coefficient (Wildman–Crippen LogP) is 0.0205. The minimum absolute atomic E-state index is 0.123. The fraction of sp³-hybridized carbons (Fsp3) is 0.889. The van der Waals surface area contributed by atoms with Crippen LogP contribution in [0.15, 0.2) is 0 Å². The normalized spacial score (nSPS) is 29.6. The van der Waals surface area contributed by atoms with Crippen molar-refractivity contribution in [3.63, 3.8) is 0 Å². The van der Waals surface area contributed by atoms with E-state index in [2.05, 4.69) is 5.32 Å². The van der Waals surface area contributed by atoms with Crippen molar-refractivity contribution in [1.82, 2.24) is 5.32 Å². The summed E-state index contributed by atoms with van der Waals surface area (Å²) in [4.78, 5) is 10.9. The molecule has 0 saturated carbocycles. The zero-order valence-electron chi connectivity index (χ0n) is 8.14. The predicted molar refractivity (Wildman–Crippen MR) is 50.3 cm³/mol. The molecule has 3 N–H and O–H groups in total. The van der Waals surface area contributed by atoms with Gasteiger partial charge in [-0.2, -0.15) is 0 Å². The highest BCUT2D eigenvalue weighted by atomic mass is 16.5. The summed E-state index contributed by atoms with van der Waals surface area (Å²) >= 11 is 0. The number of nitrogens with one attached hydrogen (secondary N) is 1. The molecule has 1 unspecified atom stereocenters. The topological polar surface area (TPSA) is 64.3 Å². The molecule has 0 aliphatic carbocycles. The molecule has 0 aromatic rings. The number of amides is 1. The van der Waals surface area contributed by atoms with Crippen molar-refractivity contribution in [2.75, 3.05) is 20.3 Å². The highest BCUT2D eigenvalue weighted by Crippen LogP contribution is 2.24. The maximum atomic E-state index is 10.9. The van der Waals surface area contributed by atoms with Gasteiger partial charge >= 0.3 is 0 Å². The Balaban J connectivity index is 2.58. The van der Waals surface area contributed by atoms with Crippen LogP contribution in [-0.4, -0.2) is 31.7 Å². The van der Waals surface area contributed by atoms with Gasteiger partial charge in [0, 0.05) is 25.2 Å². The Morgan fingerprint density at radius 3 is 2.92 bits per heavy atom. The monoisotopic (exact) mass is 186 g/mol. The molecule has 0 radical (unpaired) electrons. The van der Waals surface area contributed by atoms with Gasteiger partial charge in [0.1, 0.15) is 0 Å². The summed E-state index contributed by atoms with van der Waals surface area (Å²) in [6.07, 6.45) is 3.24. The second-order valence-electron chi connectivity index (χ2n) is 3.64. The van der Waals surface area contributed by atoms with Crippen molar-refractivity contribution in [2.24, 2.45) is 5.73 Å². The first-order chi connectivity index (χ1) is 6.18. The third-order valence-electron chi connectivity index (χ3n) is 2.71. The van der Waals surface area contributed by atoms with Gasteiger partial charge in [-0.1, -0.05) is 0 Å². The van der Waals surface area contributed by atoms with Crippen LogP contribution in [0.3, 0.4) is 0 Å². The van der Waals surface area contributed by atoms with Gasteiger partial charge in [-0.3, -0.25) is 4.79 Å². The Hall–Kier alpha value is -0.610. The van der Waals surface area contributed by atoms with Crippen molar-refractivity contribution in [2.45, 2.75) is 31.2 Å². The molecule has 1 atom stereocenters. The third-order valence-corrected chi connectivity index (χ3v) is 2.71. The number of carbonyl (C=O) groups excluding carboxylic acids is 1. The van der Waals surface area contributed by atoms with E-state index in [0.29, 0.717) is 13.0 Å². The zero-order valence-corrected chi connectivity index (χ0v) is 8.14. The molecule has 1 rings (SSSR count). The van der Waals surface area contributed by atoms with Gasteiger partial charge < -0.3 is 15.8 Å². The molecule has 1 aliphatic heterocycles. The Morgan fingerprint density at radius 1 is 1.54 bits per heavy atom. The number of ether oxygens (including phenoxy) is 1. The molecule has 0 bridgehead atoms. The summed E-state index contributed by atoms with van der Waals surface area (Å²) in [6, 6.07) is 0. The van der Waals surface area contributed by atoms with Crippen LogP contribution in [0.2, 0.25) is 0 Å². The van der Waals surface area contributed by atoms with Crippen LogP contribution >= 0.6 is 0 Å². The molecule has 0 aromatic carbocycles. The molecule has 1 aliphatic rings. The number of carbonyl (C=O) groups is 1. The fourth-order valence-corrected chi connectivity index (χ4v) is 1.86. The second kappa shape index (κ2) is 4.58. The van der Waals surface area contributed by atoms with Gasteiger partial charge in [-0.25, -0.2) is 0 Å². The van der Waals surface area contributed by atoms with Crippen LogP contribution in [-0.2, 0) is 9.53 Å². The average Bonchev–Trinajstić information content (AvgIpc) is 2.30. The molecule has 1 heterocycles. The number of hydrogen-bond donors (Lipinski definition) is 2. The summed E-state index contributed by atoms with van der Waals surface area (Å²) in [5, 5.41) is 3.21. The fourth-order valence-electron chi connectivity index (χ4n) is 1.86. The van der Waals surface area contributed by atoms with Crippen LogP contribution in [0.25, 0.3) is 0 Å². The Kier molecular flexibility index (Phi) is 3.69. The van der Waals surface area contributed by atoms with Gasteiger partial charge in [-0.05, 0) is 26.3 Å². The summed E-state index contributed by atoms with van der Waals surface area (Å²) in [6.45, 7) is 1.51. The molecule has 1 fully saturated rings. The minimum atomic E-state index is -0.240. The van der Waals surface area contributed by atoms with Gasteiger partial charge in [0.25, 0.3) is 0 Å². The lowest BCUT2D eigenvalue weighted by atomic mass is 9.87. The standard InChI is InChI=1S/C9H18N2O2/c1-11-9(7-8(10)12)3-2-5-13-6-4-9/h11H,2-7H2,1H3,(H2,10,12). The van der Waals surface area contributed by atoms with Crippen LogP contribution in [0.5, 0.6) is 0 Å². The van der Waals surface area contributed by atoms with Gasteiger partial charge in [-0.15, -0.1) is 0 Å². The van der Waals surface area contributed by atoms with E-state index in [1.54, 1.807) is 0 Å². The zero-order chi connectivity index (χ0) is 9.73. The van der Waals surface area contributed by atoms with Gasteiger partial charge in [0.05, 0.1) is 0 Å². The van der Waals surface area contributed by atoms with E-state index < -0.39 is 0 Å². The molecule has 0 spiro atoms. The lowest BCUT2D eigenvalue weighted by Gasteiger charge is -2.30. The van der Waals surface area contributed by atoms with Crippen LogP contribution < -0.4 is 11.1 Å². The lowest BCUT2D eigenvalue weighted by molar-refractivity contribution is -0.119. The van der Waals surface area contributed by atoms with E-state index >= 15 is 0 Å². The molecule has 76 valence electrons. The summed E-state index contributed by atoms with van der Waals surface area (Å²) in [7, 11) is 1.88. The van der Waals surface area contributed by atoms with Crippen molar-refractivity contribution >= 4 is 5.91 Å². The Morgan fingerprint density at radius 2 is 2.31 bits per heavy atom. The van der Waals surface area contributed by atoms with Crippen LogP contribution in [0, 0.1) is 0 Å². The minimum Gasteiger partial charge on any atom is -0.381 e. The average molecular weight is 186 g/mol. The summed E-state index contributed by atoms with van der Waals surface area (Å²) < 4.78 is 5.34. The number of hydrogen-bond acceptors (Lipinski definition) is 3. The first-order valence-electron chi connectivity index (χ1n) is 4.73. The van der Waals surface area contributed by atoms with E-state index in [4.69, 9.17) is 10.5 Å². The quantitative estimate of drug-likeness (QED) is 0.653. The van der Waals surface area contributed by atoms with E-state index in [0.717, 1.165) is 25.9 Å². The van der Waals surface area contributed by atoms with Crippen molar-refractivity contribution in [3.05, 3.63) is 0 Å². The molecule has 13 heavy (non-hydrogen) atoms. The number of rotatable bonds is 3. The second-order valence-corrected chi connectivity index (χ2v) is 3.64. The van der Waals surface area contributed by atoms with E-state index in [9.17, 15) is 4.79 Å². The highest BCUT2D eigenvalue weighted by molar-refractivity contribution is 5.75. The van der Waals surface area contributed by atoms with E-state index in [1.165, 1.54) is 0 Å². The molecule has 1 amide bonds. The molecular weight excluding hydrogens is 168 g/mol. The molecule has 4 nitrogen and oxygen atoms in total. The molecular formula is C9H18N2O2. The van der Waals surface area contributed by atoms with Crippen LogP contribution in [0.4, 0.5) is 0 Å². The third kappa shape index (κ3) is 2.97. The maximum absolute atomic E-state index is 10.9. The van der Waals surface area contributed by atoms with Crippen molar-refractivity contribution in [1.29, 1.82) is 0 Å². The Bertz CT molecular complexity index is 174.